The zero-order valence-electron chi connectivity index (χ0n) is 9.26. The van der Waals surface area contributed by atoms with Crippen LogP contribution in [-0.4, -0.2) is 22.8 Å². The van der Waals surface area contributed by atoms with Crippen LogP contribution in [0.15, 0.2) is 35.8 Å². The van der Waals surface area contributed by atoms with E-state index in [1.807, 2.05) is 17.5 Å². The lowest BCUT2D eigenvalue weighted by Crippen LogP contribution is -2.25. The van der Waals surface area contributed by atoms with E-state index in [-0.39, 0.29) is 5.91 Å². The summed E-state index contributed by atoms with van der Waals surface area (Å²) in [5.41, 5.74) is 0.316. The maximum Gasteiger partial charge on any atom is 0.254 e. The first-order valence-electron chi connectivity index (χ1n) is 5.06. The average molecular weight is 250 g/mol. The van der Waals surface area contributed by atoms with Gasteiger partial charge in [-0.15, -0.1) is 11.3 Å². The zero-order chi connectivity index (χ0) is 12.3. The summed E-state index contributed by atoms with van der Waals surface area (Å²) in [6, 6.07) is 6.55. The molecule has 0 radical (unpaired) electrons. The minimum atomic E-state index is -0.639. The summed E-state index contributed by atoms with van der Waals surface area (Å²) < 4.78 is 12.9. The molecule has 0 aliphatic rings. The Hall–Kier alpha value is -1.75. The standard InChI is InChI=1S/C12H11FN2OS/c1-15(8-10-3-2-6-17-10)12(16)9-4-5-14-11(13)7-9/h2-7H,8H2,1H3. The van der Waals surface area contributed by atoms with Crippen molar-refractivity contribution in [1.82, 2.24) is 9.88 Å². The van der Waals surface area contributed by atoms with Gasteiger partial charge in [-0.2, -0.15) is 4.39 Å². The third-order valence-electron chi connectivity index (χ3n) is 2.29. The van der Waals surface area contributed by atoms with Gasteiger partial charge in [0.1, 0.15) is 0 Å². The van der Waals surface area contributed by atoms with E-state index in [0.29, 0.717) is 12.1 Å². The van der Waals surface area contributed by atoms with Gasteiger partial charge in [0.05, 0.1) is 6.54 Å². The fourth-order valence-corrected chi connectivity index (χ4v) is 2.22. The number of aromatic nitrogens is 1. The molecule has 2 heterocycles. The maximum atomic E-state index is 12.9. The van der Waals surface area contributed by atoms with Gasteiger partial charge in [0.15, 0.2) is 0 Å². The molecule has 0 aromatic carbocycles. The molecule has 2 aromatic rings. The van der Waals surface area contributed by atoms with E-state index in [1.165, 1.54) is 12.3 Å². The molecule has 0 spiro atoms. The van der Waals surface area contributed by atoms with Crippen molar-refractivity contribution in [2.45, 2.75) is 6.54 Å². The van der Waals surface area contributed by atoms with Crippen LogP contribution in [0.1, 0.15) is 15.2 Å². The smallest absolute Gasteiger partial charge is 0.254 e. The van der Waals surface area contributed by atoms with E-state index in [1.54, 1.807) is 23.3 Å². The third-order valence-corrected chi connectivity index (χ3v) is 3.15. The molecule has 1 amide bonds. The number of amides is 1. The summed E-state index contributed by atoms with van der Waals surface area (Å²) in [7, 11) is 1.69. The second kappa shape index (κ2) is 5.05. The molecule has 0 saturated heterocycles. The second-order valence-corrected chi connectivity index (χ2v) is 4.64. The highest BCUT2D eigenvalue weighted by molar-refractivity contribution is 7.09. The number of thiophene rings is 1. The Labute approximate surface area is 103 Å². The highest BCUT2D eigenvalue weighted by Crippen LogP contribution is 2.13. The van der Waals surface area contributed by atoms with Gasteiger partial charge in [0.2, 0.25) is 5.95 Å². The highest BCUT2D eigenvalue weighted by atomic mass is 32.1. The normalized spacial score (nSPS) is 10.2. The summed E-state index contributed by atoms with van der Waals surface area (Å²) in [4.78, 5) is 18.0. The van der Waals surface area contributed by atoms with Gasteiger partial charge < -0.3 is 4.90 Å². The lowest BCUT2D eigenvalue weighted by atomic mass is 10.2. The fraction of sp³-hybridized carbons (Fsp3) is 0.167. The van der Waals surface area contributed by atoms with Gasteiger partial charge in [-0.05, 0) is 17.5 Å². The Kier molecular flexibility index (Phi) is 3.49. The van der Waals surface area contributed by atoms with E-state index in [2.05, 4.69) is 4.98 Å². The number of carbonyl (C=O) groups is 1. The summed E-state index contributed by atoms with van der Waals surface area (Å²) in [6.07, 6.45) is 1.29. The van der Waals surface area contributed by atoms with E-state index < -0.39 is 5.95 Å². The molecule has 0 aliphatic heterocycles. The first-order chi connectivity index (χ1) is 8.16. The Morgan fingerprint density at radius 2 is 2.35 bits per heavy atom. The van der Waals surface area contributed by atoms with Crippen LogP contribution in [0.3, 0.4) is 0 Å². The van der Waals surface area contributed by atoms with Crippen molar-refractivity contribution in [1.29, 1.82) is 0 Å². The second-order valence-electron chi connectivity index (χ2n) is 3.61. The molecular weight excluding hydrogens is 239 g/mol. The van der Waals surface area contributed by atoms with Gasteiger partial charge in [-0.1, -0.05) is 6.07 Å². The van der Waals surface area contributed by atoms with E-state index in [9.17, 15) is 9.18 Å². The summed E-state index contributed by atoms with van der Waals surface area (Å²) in [6.45, 7) is 0.528. The van der Waals surface area contributed by atoms with Crippen molar-refractivity contribution in [3.05, 3.63) is 52.2 Å². The lowest BCUT2D eigenvalue weighted by molar-refractivity contribution is 0.0785. The minimum absolute atomic E-state index is 0.209. The van der Waals surface area contributed by atoms with Crippen molar-refractivity contribution >= 4 is 17.2 Å². The largest absolute Gasteiger partial charge is 0.337 e. The van der Waals surface area contributed by atoms with Crippen LogP contribution in [-0.2, 0) is 6.54 Å². The van der Waals surface area contributed by atoms with Crippen LogP contribution in [0.2, 0.25) is 0 Å². The molecule has 2 aromatic heterocycles. The van der Waals surface area contributed by atoms with Gasteiger partial charge in [-0.25, -0.2) is 4.98 Å². The fourth-order valence-electron chi connectivity index (χ4n) is 1.46. The number of carbonyl (C=O) groups excluding carboxylic acids is 1. The molecule has 2 rings (SSSR count). The molecule has 0 bridgehead atoms. The molecule has 3 nitrogen and oxygen atoms in total. The molecule has 17 heavy (non-hydrogen) atoms. The van der Waals surface area contributed by atoms with Crippen LogP contribution in [0, 0.1) is 5.95 Å². The summed E-state index contributed by atoms with van der Waals surface area (Å²) in [5.74, 6) is -0.847. The van der Waals surface area contributed by atoms with Gasteiger partial charge in [0, 0.05) is 29.8 Å². The molecule has 0 unspecified atom stereocenters. The molecule has 88 valence electrons. The highest BCUT2D eigenvalue weighted by Gasteiger charge is 2.13. The van der Waals surface area contributed by atoms with E-state index in [4.69, 9.17) is 0 Å². The molecule has 0 fully saturated rings. The van der Waals surface area contributed by atoms with Gasteiger partial charge >= 0.3 is 0 Å². The molecule has 0 atom stereocenters. The molecular formula is C12H11FN2OS. The monoisotopic (exact) mass is 250 g/mol. The van der Waals surface area contributed by atoms with Crippen molar-refractivity contribution in [2.75, 3.05) is 7.05 Å². The number of hydrogen-bond donors (Lipinski definition) is 0. The SMILES string of the molecule is CN(Cc1cccs1)C(=O)c1ccnc(F)c1. The number of halogens is 1. The van der Waals surface area contributed by atoms with E-state index >= 15 is 0 Å². The van der Waals surface area contributed by atoms with Crippen molar-refractivity contribution in [3.63, 3.8) is 0 Å². The van der Waals surface area contributed by atoms with Gasteiger partial charge in [0.25, 0.3) is 5.91 Å². The predicted octanol–water partition coefficient (Wildman–Crippen LogP) is 2.55. The van der Waals surface area contributed by atoms with Crippen LogP contribution < -0.4 is 0 Å². The van der Waals surface area contributed by atoms with Crippen LogP contribution in [0.25, 0.3) is 0 Å². The average Bonchev–Trinajstić information content (AvgIpc) is 2.80. The minimum Gasteiger partial charge on any atom is -0.337 e. The van der Waals surface area contributed by atoms with Crippen molar-refractivity contribution in [3.8, 4) is 0 Å². The van der Waals surface area contributed by atoms with Gasteiger partial charge in [-0.3, -0.25) is 4.79 Å². The van der Waals surface area contributed by atoms with Crippen LogP contribution >= 0.6 is 11.3 Å². The Balaban J connectivity index is 2.09. The number of pyridine rings is 1. The maximum absolute atomic E-state index is 12.9. The first kappa shape index (κ1) is 11.7. The number of nitrogens with zero attached hydrogens (tertiary/aromatic N) is 2. The van der Waals surface area contributed by atoms with E-state index in [0.717, 1.165) is 10.9 Å². The Bertz CT molecular complexity index is 513. The van der Waals surface area contributed by atoms with Crippen LogP contribution in [0.4, 0.5) is 4.39 Å². The third kappa shape index (κ3) is 2.88. The Morgan fingerprint density at radius 1 is 1.53 bits per heavy atom. The Morgan fingerprint density at radius 3 is 3.00 bits per heavy atom. The predicted molar refractivity (Wildman–Crippen MR) is 64.3 cm³/mol. The first-order valence-corrected chi connectivity index (χ1v) is 5.94. The van der Waals surface area contributed by atoms with Crippen molar-refractivity contribution in [2.24, 2.45) is 0 Å². The quantitative estimate of drug-likeness (QED) is 0.784. The molecule has 0 saturated carbocycles. The number of hydrogen-bond acceptors (Lipinski definition) is 3. The molecule has 5 heteroatoms. The van der Waals surface area contributed by atoms with Crippen LogP contribution in [0.5, 0.6) is 0 Å². The molecule has 0 aliphatic carbocycles. The van der Waals surface area contributed by atoms with Crippen molar-refractivity contribution < 1.29 is 9.18 Å². The lowest BCUT2D eigenvalue weighted by Gasteiger charge is -2.16. The molecule has 0 N–H and O–H groups in total. The summed E-state index contributed by atoms with van der Waals surface area (Å²) in [5, 5.41) is 1.96. The zero-order valence-corrected chi connectivity index (χ0v) is 10.1. The topological polar surface area (TPSA) is 33.2 Å². The number of rotatable bonds is 3. The summed E-state index contributed by atoms with van der Waals surface area (Å²) >= 11 is 1.59.